The number of rotatable bonds is 2. The Bertz CT molecular complexity index is 428. The Balaban J connectivity index is 1.88. The molecular formula is C15H20BrNOS. The van der Waals surface area contributed by atoms with Crippen LogP contribution in [0.4, 0.5) is 0 Å². The molecule has 0 aromatic heterocycles. The lowest BCUT2D eigenvalue weighted by molar-refractivity contribution is 0.0850. The Morgan fingerprint density at radius 2 is 2.05 bits per heavy atom. The van der Waals surface area contributed by atoms with Gasteiger partial charge in [-0.05, 0) is 42.0 Å². The molecule has 3 rings (SSSR count). The van der Waals surface area contributed by atoms with Crippen molar-refractivity contribution in [3.8, 4) is 0 Å². The van der Waals surface area contributed by atoms with Gasteiger partial charge in [0.2, 0.25) is 0 Å². The summed E-state index contributed by atoms with van der Waals surface area (Å²) in [5.74, 6) is 3.09. The van der Waals surface area contributed by atoms with Crippen molar-refractivity contribution in [1.82, 2.24) is 5.32 Å². The first-order valence-electron chi connectivity index (χ1n) is 7.03. The molecule has 0 amide bonds. The molecule has 4 heteroatoms. The smallest absolute Gasteiger partial charge is 0.0471 e. The number of hydrogen-bond donors (Lipinski definition) is 1. The van der Waals surface area contributed by atoms with Gasteiger partial charge in [-0.2, -0.15) is 11.8 Å². The normalized spacial score (nSPS) is 25.4. The van der Waals surface area contributed by atoms with Crippen LogP contribution in [0, 0.1) is 0 Å². The van der Waals surface area contributed by atoms with E-state index in [4.69, 9.17) is 4.74 Å². The van der Waals surface area contributed by atoms with Gasteiger partial charge in [0.25, 0.3) is 0 Å². The molecule has 0 bridgehead atoms. The molecule has 1 N–H and O–H groups in total. The minimum atomic E-state index is 0.508. The predicted octanol–water partition coefficient (Wildman–Crippen LogP) is 3.72. The summed E-state index contributed by atoms with van der Waals surface area (Å²) in [7, 11) is 0. The van der Waals surface area contributed by atoms with E-state index in [1.165, 1.54) is 27.1 Å². The van der Waals surface area contributed by atoms with Crippen LogP contribution in [-0.2, 0) is 4.74 Å². The van der Waals surface area contributed by atoms with Gasteiger partial charge in [0, 0.05) is 41.8 Å². The lowest BCUT2D eigenvalue weighted by Crippen LogP contribution is -2.31. The quantitative estimate of drug-likeness (QED) is 0.885. The molecule has 19 heavy (non-hydrogen) atoms. The molecule has 2 aliphatic heterocycles. The van der Waals surface area contributed by atoms with E-state index in [1.807, 2.05) is 0 Å². The zero-order chi connectivity index (χ0) is 13.1. The average molecular weight is 342 g/mol. The summed E-state index contributed by atoms with van der Waals surface area (Å²) < 4.78 is 6.69. The lowest BCUT2D eigenvalue weighted by Gasteiger charge is -2.30. The second kappa shape index (κ2) is 6.61. The van der Waals surface area contributed by atoms with Crippen molar-refractivity contribution >= 4 is 27.7 Å². The molecule has 0 spiro atoms. The van der Waals surface area contributed by atoms with Gasteiger partial charge in [-0.3, -0.25) is 0 Å². The van der Waals surface area contributed by atoms with Crippen molar-refractivity contribution < 1.29 is 4.74 Å². The van der Waals surface area contributed by atoms with Crippen LogP contribution >= 0.6 is 27.7 Å². The molecule has 1 unspecified atom stereocenters. The van der Waals surface area contributed by atoms with Gasteiger partial charge >= 0.3 is 0 Å². The molecule has 0 radical (unpaired) electrons. The second-order valence-corrected chi connectivity index (χ2v) is 7.31. The number of nitrogens with one attached hydrogen (secondary N) is 1. The minimum absolute atomic E-state index is 0.508. The van der Waals surface area contributed by atoms with E-state index in [0.717, 1.165) is 32.6 Å². The van der Waals surface area contributed by atoms with E-state index in [1.54, 1.807) is 0 Å². The molecule has 1 aromatic rings. The molecule has 0 aliphatic carbocycles. The van der Waals surface area contributed by atoms with Crippen LogP contribution < -0.4 is 5.32 Å². The van der Waals surface area contributed by atoms with Crippen LogP contribution in [0.15, 0.2) is 22.7 Å². The monoisotopic (exact) mass is 341 g/mol. The highest BCUT2D eigenvalue weighted by Crippen LogP contribution is 2.35. The summed E-state index contributed by atoms with van der Waals surface area (Å²) in [4.78, 5) is 0. The standard InChI is InChI=1S/C15H20BrNOS/c16-12-1-2-13(11-3-6-18-7-4-11)14(9-12)15-10-19-8-5-17-15/h1-2,9,11,15,17H,3-8,10H2. The summed E-state index contributed by atoms with van der Waals surface area (Å²) in [6, 6.07) is 7.32. The third kappa shape index (κ3) is 3.35. The molecule has 2 nitrogen and oxygen atoms in total. The molecule has 104 valence electrons. The maximum Gasteiger partial charge on any atom is 0.0471 e. The first-order valence-corrected chi connectivity index (χ1v) is 8.97. The summed E-state index contributed by atoms with van der Waals surface area (Å²) >= 11 is 5.68. The fourth-order valence-electron chi connectivity index (χ4n) is 2.99. The number of benzene rings is 1. The molecule has 0 saturated carbocycles. The van der Waals surface area contributed by atoms with Crippen molar-refractivity contribution in [2.75, 3.05) is 31.3 Å². The number of thioether (sulfide) groups is 1. The van der Waals surface area contributed by atoms with Gasteiger partial charge in [-0.1, -0.05) is 22.0 Å². The van der Waals surface area contributed by atoms with Crippen molar-refractivity contribution in [3.63, 3.8) is 0 Å². The van der Waals surface area contributed by atoms with Crippen molar-refractivity contribution in [2.45, 2.75) is 24.8 Å². The topological polar surface area (TPSA) is 21.3 Å². The maximum atomic E-state index is 5.50. The first-order chi connectivity index (χ1) is 9.34. The summed E-state index contributed by atoms with van der Waals surface area (Å²) in [5, 5.41) is 3.67. The third-order valence-electron chi connectivity index (χ3n) is 4.01. The number of hydrogen-bond acceptors (Lipinski definition) is 3. The predicted molar refractivity (Wildman–Crippen MR) is 85.0 cm³/mol. The maximum absolute atomic E-state index is 5.50. The minimum Gasteiger partial charge on any atom is -0.381 e. The fourth-order valence-corrected chi connectivity index (χ4v) is 4.33. The zero-order valence-electron chi connectivity index (χ0n) is 11.0. The van der Waals surface area contributed by atoms with E-state index in [2.05, 4.69) is 51.2 Å². The van der Waals surface area contributed by atoms with Gasteiger partial charge in [0.05, 0.1) is 0 Å². The Labute approximate surface area is 127 Å². The number of halogens is 1. The van der Waals surface area contributed by atoms with Crippen molar-refractivity contribution in [3.05, 3.63) is 33.8 Å². The fraction of sp³-hybridized carbons (Fsp3) is 0.600. The number of ether oxygens (including phenoxy) is 1. The Kier molecular flexibility index (Phi) is 4.85. The highest BCUT2D eigenvalue weighted by Gasteiger charge is 2.24. The van der Waals surface area contributed by atoms with E-state index >= 15 is 0 Å². The van der Waals surface area contributed by atoms with Gasteiger partial charge in [0.15, 0.2) is 0 Å². The zero-order valence-corrected chi connectivity index (χ0v) is 13.4. The molecular weight excluding hydrogens is 322 g/mol. The largest absolute Gasteiger partial charge is 0.381 e. The van der Waals surface area contributed by atoms with Crippen LogP contribution in [0.25, 0.3) is 0 Å². The highest BCUT2D eigenvalue weighted by atomic mass is 79.9. The van der Waals surface area contributed by atoms with Gasteiger partial charge < -0.3 is 10.1 Å². The van der Waals surface area contributed by atoms with E-state index in [9.17, 15) is 0 Å². The molecule has 2 fully saturated rings. The van der Waals surface area contributed by atoms with Gasteiger partial charge in [0.1, 0.15) is 0 Å². The van der Waals surface area contributed by atoms with Gasteiger partial charge in [-0.25, -0.2) is 0 Å². The molecule has 1 atom stereocenters. The lowest BCUT2D eigenvalue weighted by atomic mass is 9.86. The first kappa shape index (κ1) is 13.9. The SMILES string of the molecule is Brc1ccc(C2CCOCC2)c(C2CSCCN2)c1. The third-order valence-corrected chi connectivity index (χ3v) is 5.56. The average Bonchev–Trinajstić information content (AvgIpc) is 2.49. The van der Waals surface area contributed by atoms with Crippen molar-refractivity contribution in [1.29, 1.82) is 0 Å². The van der Waals surface area contributed by atoms with Crippen LogP contribution in [0.5, 0.6) is 0 Å². The Morgan fingerprint density at radius 3 is 2.79 bits per heavy atom. The Hall–Kier alpha value is -0.0300. The van der Waals surface area contributed by atoms with Crippen LogP contribution in [0.1, 0.15) is 35.9 Å². The Morgan fingerprint density at radius 1 is 1.21 bits per heavy atom. The molecule has 2 saturated heterocycles. The molecule has 2 heterocycles. The van der Waals surface area contributed by atoms with Crippen molar-refractivity contribution in [2.24, 2.45) is 0 Å². The summed E-state index contributed by atoms with van der Waals surface area (Å²) in [6.45, 7) is 2.94. The highest BCUT2D eigenvalue weighted by molar-refractivity contribution is 9.10. The molecule has 1 aromatic carbocycles. The summed E-state index contributed by atoms with van der Waals surface area (Å²) in [5.41, 5.74) is 3.03. The second-order valence-electron chi connectivity index (χ2n) is 5.24. The van der Waals surface area contributed by atoms with E-state index in [0.29, 0.717) is 12.0 Å². The van der Waals surface area contributed by atoms with E-state index < -0.39 is 0 Å². The van der Waals surface area contributed by atoms with Crippen LogP contribution in [0.2, 0.25) is 0 Å². The molecule has 2 aliphatic rings. The van der Waals surface area contributed by atoms with Crippen LogP contribution in [0.3, 0.4) is 0 Å². The van der Waals surface area contributed by atoms with E-state index in [-0.39, 0.29) is 0 Å². The van der Waals surface area contributed by atoms with Gasteiger partial charge in [-0.15, -0.1) is 0 Å². The summed E-state index contributed by atoms with van der Waals surface area (Å²) in [6.07, 6.45) is 2.32. The van der Waals surface area contributed by atoms with Crippen LogP contribution in [-0.4, -0.2) is 31.3 Å².